The van der Waals surface area contributed by atoms with Gasteiger partial charge in [-0.2, -0.15) is 0 Å². The summed E-state index contributed by atoms with van der Waals surface area (Å²) in [7, 11) is 3.19. The van der Waals surface area contributed by atoms with Gasteiger partial charge in [-0.05, 0) is 30.5 Å². The highest BCUT2D eigenvalue weighted by Gasteiger charge is 2.38. The van der Waals surface area contributed by atoms with Crippen molar-refractivity contribution in [3.8, 4) is 22.8 Å². The summed E-state index contributed by atoms with van der Waals surface area (Å²) in [5.41, 5.74) is 1.49. The molecule has 8 heteroatoms. The first-order valence-electron chi connectivity index (χ1n) is 8.77. The van der Waals surface area contributed by atoms with Crippen molar-refractivity contribution in [2.24, 2.45) is 11.8 Å². The third-order valence-electron chi connectivity index (χ3n) is 4.53. The van der Waals surface area contributed by atoms with Gasteiger partial charge in [0.25, 0.3) is 0 Å². The second-order valence-electron chi connectivity index (χ2n) is 6.51. The second-order valence-corrected chi connectivity index (χ2v) is 7.37. The first-order chi connectivity index (χ1) is 13.0. The fourth-order valence-electron chi connectivity index (χ4n) is 2.77. The summed E-state index contributed by atoms with van der Waals surface area (Å²) in [4.78, 5) is 28.3. The van der Waals surface area contributed by atoms with E-state index in [1.807, 2.05) is 30.5 Å². The van der Waals surface area contributed by atoms with Crippen LogP contribution in [0, 0.1) is 11.8 Å². The molecule has 1 heterocycles. The molecule has 2 amide bonds. The maximum atomic E-state index is 12.1. The van der Waals surface area contributed by atoms with Crippen LogP contribution in [0.3, 0.4) is 0 Å². The zero-order valence-electron chi connectivity index (χ0n) is 15.6. The van der Waals surface area contributed by atoms with Crippen LogP contribution in [0.25, 0.3) is 11.3 Å². The molecule has 1 saturated carbocycles. The average molecular weight is 389 g/mol. The van der Waals surface area contributed by atoms with Crippen LogP contribution in [0.2, 0.25) is 0 Å². The van der Waals surface area contributed by atoms with E-state index in [-0.39, 0.29) is 24.2 Å². The maximum Gasteiger partial charge on any atom is 0.227 e. The fourth-order valence-corrected chi connectivity index (χ4v) is 3.50. The normalized spacial score (nSPS) is 17.9. The molecule has 7 nitrogen and oxygen atoms in total. The van der Waals surface area contributed by atoms with Gasteiger partial charge in [0.2, 0.25) is 11.8 Å². The molecule has 1 fully saturated rings. The van der Waals surface area contributed by atoms with E-state index in [1.54, 1.807) is 14.2 Å². The van der Waals surface area contributed by atoms with E-state index in [0.717, 1.165) is 12.0 Å². The molecule has 0 aliphatic heterocycles. The van der Waals surface area contributed by atoms with Crippen molar-refractivity contribution in [2.75, 3.05) is 26.1 Å². The number of benzene rings is 1. The standard InChI is InChI=1S/C19H23N3O4S/c1-11-8-13(11)18(24)20-7-6-17(23)22-19-21-15(10-27-19)14-9-12(25-2)4-5-16(14)26-3/h4-5,9-11,13H,6-8H2,1-3H3,(H,20,24)(H,21,22,23). The summed E-state index contributed by atoms with van der Waals surface area (Å²) >= 11 is 1.33. The van der Waals surface area contributed by atoms with Crippen LogP contribution in [0.1, 0.15) is 19.8 Å². The largest absolute Gasteiger partial charge is 0.497 e. The summed E-state index contributed by atoms with van der Waals surface area (Å²) < 4.78 is 10.6. The lowest BCUT2D eigenvalue weighted by Crippen LogP contribution is -2.29. The number of aromatic nitrogens is 1. The minimum absolute atomic E-state index is 0.0388. The molecule has 0 saturated heterocycles. The quantitative estimate of drug-likeness (QED) is 0.725. The number of thiazole rings is 1. The van der Waals surface area contributed by atoms with Crippen molar-refractivity contribution in [2.45, 2.75) is 19.8 Å². The zero-order valence-corrected chi connectivity index (χ0v) is 16.4. The first kappa shape index (κ1) is 19.2. The molecule has 2 unspecified atom stereocenters. The Balaban J connectivity index is 1.56. The molecular weight excluding hydrogens is 366 g/mol. The summed E-state index contributed by atoms with van der Waals surface area (Å²) in [6.45, 7) is 2.38. The molecular formula is C19H23N3O4S. The number of nitrogens with one attached hydrogen (secondary N) is 2. The highest BCUT2D eigenvalue weighted by Crippen LogP contribution is 2.37. The molecule has 1 aromatic carbocycles. The monoisotopic (exact) mass is 389 g/mol. The molecule has 0 spiro atoms. The predicted octanol–water partition coefficient (Wildman–Crippen LogP) is 2.93. The van der Waals surface area contributed by atoms with Gasteiger partial charge in [0.05, 0.1) is 19.9 Å². The van der Waals surface area contributed by atoms with Crippen LogP contribution in [0.4, 0.5) is 5.13 Å². The maximum absolute atomic E-state index is 12.1. The van der Waals surface area contributed by atoms with Crippen molar-refractivity contribution >= 4 is 28.3 Å². The van der Waals surface area contributed by atoms with Gasteiger partial charge in [-0.25, -0.2) is 4.98 Å². The Morgan fingerprint density at radius 3 is 2.74 bits per heavy atom. The van der Waals surface area contributed by atoms with E-state index in [1.165, 1.54) is 11.3 Å². The van der Waals surface area contributed by atoms with Gasteiger partial charge in [0.15, 0.2) is 5.13 Å². The highest BCUT2D eigenvalue weighted by molar-refractivity contribution is 7.14. The van der Waals surface area contributed by atoms with Crippen molar-refractivity contribution in [3.05, 3.63) is 23.6 Å². The van der Waals surface area contributed by atoms with Crippen molar-refractivity contribution in [1.29, 1.82) is 0 Å². The van der Waals surface area contributed by atoms with Crippen LogP contribution in [-0.2, 0) is 9.59 Å². The van der Waals surface area contributed by atoms with Crippen LogP contribution in [-0.4, -0.2) is 37.6 Å². The number of hydrogen-bond donors (Lipinski definition) is 2. The van der Waals surface area contributed by atoms with Gasteiger partial charge >= 0.3 is 0 Å². The van der Waals surface area contributed by atoms with Crippen LogP contribution in [0.5, 0.6) is 11.5 Å². The van der Waals surface area contributed by atoms with Crippen LogP contribution < -0.4 is 20.1 Å². The van der Waals surface area contributed by atoms with E-state index in [2.05, 4.69) is 15.6 Å². The topological polar surface area (TPSA) is 89.5 Å². The van der Waals surface area contributed by atoms with E-state index in [4.69, 9.17) is 9.47 Å². The summed E-state index contributed by atoms with van der Waals surface area (Å²) in [6.07, 6.45) is 1.15. The fraction of sp³-hybridized carbons (Fsp3) is 0.421. The van der Waals surface area contributed by atoms with Crippen LogP contribution in [0.15, 0.2) is 23.6 Å². The van der Waals surface area contributed by atoms with Gasteiger partial charge in [-0.1, -0.05) is 6.92 Å². The van der Waals surface area contributed by atoms with Gasteiger partial charge < -0.3 is 20.1 Å². The van der Waals surface area contributed by atoms with Crippen molar-refractivity contribution < 1.29 is 19.1 Å². The molecule has 2 aromatic rings. The Labute approximate surface area is 162 Å². The molecule has 27 heavy (non-hydrogen) atoms. The number of carbonyl (C=O) groups is 2. The van der Waals surface area contributed by atoms with E-state index in [0.29, 0.717) is 34.8 Å². The van der Waals surface area contributed by atoms with E-state index in [9.17, 15) is 9.59 Å². The molecule has 1 aromatic heterocycles. The lowest BCUT2D eigenvalue weighted by Gasteiger charge is -2.08. The lowest BCUT2D eigenvalue weighted by atomic mass is 10.1. The Morgan fingerprint density at radius 1 is 1.30 bits per heavy atom. The zero-order chi connectivity index (χ0) is 19.4. The molecule has 0 bridgehead atoms. The van der Waals surface area contributed by atoms with E-state index < -0.39 is 0 Å². The number of hydrogen-bond acceptors (Lipinski definition) is 6. The SMILES string of the molecule is COc1ccc(OC)c(-c2csc(NC(=O)CCNC(=O)C3CC3C)n2)c1. The van der Waals surface area contributed by atoms with Gasteiger partial charge in [-0.3, -0.25) is 9.59 Å². The van der Waals surface area contributed by atoms with Crippen LogP contribution >= 0.6 is 11.3 Å². The summed E-state index contributed by atoms with van der Waals surface area (Å²) in [5, 5.41) is 7.93. The minimum Gasteiger partial charge on any atom is -0.497 e. The smallest absolute Gasteiger partial charge is 0.227 e. The van der Waals surface area contributed by atoms with Gasteiger partial charge in [0, 0.05) is 29.8 Å². The Kier molecular flexibility index (Phi) is 5.95. The number of methoxy groups -OCH3 is 2. The van der Waals surface area contributed by atoms with Crippen molar-refractivity contribution in [1.82, 2.24) is 10.3 Å². The lowest BCUT2D eigenvalue weighted by molar-refractivity contribution is -0.122. The number of amides is 2. The Morgan fingerprint density at radius 2 is 2.07 bits per heavy atom. The average Bonchev–Trinajstić information content (AvgIpc) is 3.22. The minimum atomic E-state index is -0.183. The van der Waals surface area contributed by atoms with Gasteiger partial charge in [-0.15, -0.1) is 11.3 Å². The number of anilines is 1. The van der Waals surface area contributed by atoms with Crippen molar-refractivity contribution in [3.63, 3.8) is 0 Å². The Bertz CT molecular complexity index is 836. The number of ether oxygens (including phenoxy) is 2. The molecule has 3 rings (SSSR count). The highest BCUT2D eigenvalue weighted by atomic mass is 32.1. The third-order valence-corrected chi connectivity index (χ3v) is 5.29. The third kappa shape index (κ3) is 4.77. The number of carbonyl (C=O) groups excluding carboxylic acids is 2. The molecule has 2 N–H and O–H groups in total. The molecule has 0 radical (unpaired) electrons. The molecule has 144 valence electrons. The molecule has 1 aliphatic carbocycles. The summed E-state index contributed by atoms with van der Waals surface area (Å²) in [5.74, 6) is 1.81. The molecule has 2 atom stereocenters. The Hall–Kier alpha value is -2.61. The van der Waals surface area contributed by atoms with E-state index >= 15 is 0 Å². The summed E-state index contributed by atoms with van der Waals surface area (Å²) in [6, 6.07) is 5.47. The second kappa shape index (κ2) is 8.39. The molecule has 1 aliphatic rings. The first-order valence-corrected chi connectivity index (χ1v) is 9.65. The number of rotatable bonds is 8. The van der Waals surface area contributed by atoms with Gasteiger partial charge in [0.1, 0.15) is 11.5 Å². The predicted molar refractivity (Wildman–Crippen MR) is 104 cm³/mol. The number of nitrogens with zero attached hydrogens (tertiary/aromatic N) is 1.